The first-order valence-electron chi connectivity index (χ1n) is 23.8. The highest BCUT2D eigenvalue weighted by atomic mass is 32.2. The molecule has 21 heteroatoms. The van der Waals surface area contributed by atoms with E-state index in [4.69, 9.17) is 29.0 Å². The Balaban J connectivity index is 1.15. The Morgan fingerprint density at radius 2 is 0.932 bits per heavy atom. The van der Waals surface area contributed by atoms with E-state index in [1.807, 2.05) is 0 Å². The standard InChI is InChI=1S/C52H56N6O14S/c1-51(2,3)69-49(61)55-25-21-53(22-26-55)43(59)17-11-33-9-15-41(47(57(63)64)45(33)37-7-13-39-35(31-37)19-29-67-71-39)73-42-16-10-34(12-18-44(60)54-23-27-56(28-24-54)50(62)70-52(4,5)6)46(48(42)58(65)66)38-8-14-40-36(32-38)20-30-68-72-40/h7-18,31-32H,19-30H2,1-6H3. The minimum absolute atomic E-state index is 0.0769. The summed E-state index contributed by atoms with van der Waals surface area (Å²) in [6, 6.07) is 16.4. The van der Waals surface area contributed by atoms with Crippen LogP contribution in [0.5, 0.6) is 11.5 Å². The molecule has 4 aliphatic rings. The van der Waals surface area contributed by atoms with Gasteiger partial charge in [0.15, 0.2) is 11.5 Å². The molecule has 0 saturated carbocycles. The van der Waals surface area contributed by atoms with Crippen molar-refractivity contribution in [2.75, 3.05) is 65.6 Å². The van der Waals surface area contributed by atoms with Gasteiger partial charge in [-0.2, -0.15) is 9.78 Å². The number of hydrogen-bond acceptors (Lipinski definition) is 15. The summed E-state index contributed by atoms with van der Waals surface area (Å²) in [6.07, 6.45) is 5.66. The van der Waals surface area contributed by atoms with Crippen molar-refractivity contribution in [3.8, 4) is 33.8 Å². The number of carbonyl (C=O) groups excluding carboxylic acids is 4. The van der Waals surface area contributed by atoms with E-state index in [0.717, 1.165) is 22.9 Å². The predicted octanol–water partition coefficient (Wildman–Crippen LogP) is 8.91. The second-order valence-electron chi connectivity index (χ2n) is 19.6. The van der Waals surface area contributed by atoms with Gasteiger partial charge in [0, 0.05) is 88.5 Å². The Hall–Kier alpha value is -7.49. The van der Waals surface area contributed by atoms with Crippen LogP contribution < -0.4 is 9.78 Å². The third-order valence-corrected chi connectivity index (χ3v) is 13.2. The number of ether oxygens (including phenoxy) is 2. The zero-order valence-electron chi connectivity index (χ0n) is 41.4. The highest BCUT2D eigenvalue weighted by molar-refractivity contribution is 7.99. The lowest BCUT2D eigenvalue weighted by molar-refractivity contribution is -0.387. The first-order chi connectivity index (χ1) is 34.7. The maximum absolute atomic E-state index is 13.7. The number of rotatable bonds is 10. The van der Waals surface area contributed by atoms with Crippen molar-refractivity contribution >= 4 is 59.3 Å². The molecule has 0 unspecified atom stereocenters. The van der Waals surface area contributed by atoms with Gasteiger partial charge in [-0.15, -0.1) is 0 Å². The van der Waals surface area contributed by atoms with Crippen LogP contribution in [0.3, 0.4) is 0 Å². The number of nitro groups is 2. The number of amides is 4. The fourth-order valence-electron chi connectivity index (χ4n) is 8.65. The summed E-state index contributed by atoms with van der Waals surface area (Å²) in [5.74, 6) is 0.157. The molecule has 0 radical (unpaired) electrons. The van der Waals surface area contributed by atoms with Crippen molar-refractivity contribution in [3.05, 3.63) is 115 Å². The fourth-order valence-corrected chi connectivity index (χ4v) is 9.70. The third kappa shape index (κ3) is 12.4. The number of carbonyl (C=O) groups is 4. The topological polar surface area (TPSA) is 223 Å². The van der Waals surface area contributed by atoms with Crippen molar-refractivity contribution in [3.63, 3.8) is 0 Å². The normalized spacial score (nSPS) is 16.1. The molecule has 2 fully saturated rings. The minimum Gasteiger partial charge on any atom is -0.444 e. The fraction of sp³-hybridized carbons (Fsp3) is 0.385. The second kappa shape index (κ2) is 21.7. The van der Waals surface area contributed by atoms with Crippen molar-refractivity contribution in [2.24, 2.45) is 0 Å². The largest absolute Gasteiger partial charge is 0.444 e. The molecular formula is C52H56N6O14S. The highest BCUT2D eigenvalue weighted by Gasteiger charge is 2.33. The van der Waals surface area contributed by atoms with Gasteiger partial charge in [-0.25, -0.2) is 9.59 Å². The summed E-state index contributed by atoms with van der Waals surface area (Å²) in [5.41, 5.74) is 1.24. The van der Waals surface area contributed by atoms with Gasteiger partial charge in [0.25, 0.3) is 11.4 Å². The van der Waals surface area contributed by atoms with Gasteiger partial charge in [0.1, 0.15) is 11.2 Å². The van der Waals surface area contributed by atoms with Crippen LogP contribution in [-0.4, -0.2) is 130 Å². The number of fused-ring (bicyclic) bond motifs is 2. The van der Waals surface area contributed by atoms with Crippen LogP contribution in [0.15, 0.2) is 82.6 Å². The van der Waals surface area contributed by atoms with Crippen molar-refractivity contribution in [1.29, 1.82) is 0 Å². The maximum atomic E-state index is 13.7. The molecule has 0 spiro atoms. The lowest BCUT2D eigenvalue weighted by Gasteiger charge is -2.35. The van der Waals surface area contributed by atoms with Gasteiger partial charge < -0.3 is 38.8 Å². The molecule has 0 aliphatic carbocycles. The van der Waals surface area contributed by atoms with Crippen LogP contribution in [0.4, 0.5) is 21.0 Å². The van der Waals surface area contributed by atoms with Gasteiger partial charge in [0.2, 0.25) is 11.8 Å². The summed E-state index contributed by atoms with van der Waals surface area (Å²) in [5, 5.41) is 26.9. The first-order valence-corrected chi connectivity index (χ1v) is 24.6. The molecule has 2 saturated heterocycles. The Labute approximate surface area is 425 Å². The molecule has 4 aromatic carbocycles. The quantitative estimate of drug-likeness (QED) is 0.0626. The molecule has 0 N–H and O–H groups in total. The van der Waals surface area contributed by atoms with Gasteiger partial charge >= 0.3 is 12.2 Å². The Morgan fingerprint density at radius 1 is 0.562 bits per heavy atom. The van der Waals surface area contributed by atoms with Gasteiger partial charge in [-0.3, -0.25) is 29.8 Å². The van der Waals surface area contributed by atoms with Crippen LogP contribution in [0, 0.1) is 20.2 Å². The molecule has 384 valence electrons. The Bertz CT molecular complexity index is 2700. The molecule has 0 aromatic heterocycles. The average Bonchev–Trinajstić information content (AvgIpc) is 3.35. The lowest BCUT2D eigenvalue weighted by atomic mass is 9.94. The van der Waals surface area contributed by atoms with Crippen LogP contribution in [0.1, 0.15) is 63.8 Å². The average molecular weight is 1020 g/mol. The van der Waals surface area contributed by atoms with Crippen molar-refractivity contribution in [2.45, 2.75) is 75.4 Å². The zero-order valence-corrected chi connectivity index (χ0v) is 42.2. The summed E-state index contributed by atoms with van der Waals surface area (Å²) >= 11 is 0.840. The maximum Gasteiger partial charge on any atom is 0.410 e. The molecule has 73 heavy (non-hydrogen) atoms. The van der Waals surface area contributed by atoms with Crippen LogP contribution in [0.25, 0.3) is 34.4 Å². The third-order valence-electron chi connectivity index (χ3n) is 12.1. The lowest BCUT2D eigenvalue weighted by Crippen LogP contribution is -2.51. The molecule has 20 nitrogen and oxygen atoms in total. The number of piperazine rings is 2. The molecule has 0 atom stereocenters. The van der Waals surface area contributed by atoms with E-state index in [1.165, 1.54) is 46.2 Å². The molecule has 8 rings (SSSR count). The van der Waals surface area contributed by atoms with Crippen molar-refractivity contribution in [1.82, 2.24) is 19.6 Å². The predicted molar refractivity (Wildman–Crippen MR) is 269 cm³/mol. The second-order valence-corrected chi connectivity index (χ2v) is 20.7. The van der Waals surface area contributed by atoms with Crippen molar-refractivity contribution < 1.29 is 58.0 Å². The minimum atomic E-state index is -0.678. The molecule has 4 aliphatic heterocycles. The van der Waals surface area contributed by atoms with E-state index < -0.39 is 33.2 Å². The SMILES string of the molecule is CC(C)(C)OC(=O)N1CCN(C(=O)C=Cc2ccc(Sc3ccc(C=CC(=O)N4CCN(C(=O)OC(C)(C)C)CC4)c(-c4ccc5c(c4)CCOO5)c3[N+](=O)[O-])c([N+](=O)[O-])c2-c2ccc3c(c2)CCOO3)CC1. The summed E-state index contributed by atoms with van der Waals surface area (Å²) in [7, 11) is 0. The molecule has 4 heterocycles. The number of hydrogen-bond donors (Lipinski definition) is 0. The number of nitrogens with zero attached hydrogens (tertiary/aromatic N) is 6. The van der Waals surface area contributed by atoms with Crippen LogP contribution in [0.2, 0.25) is 0 Å². The monoisotopic (exact) mass is 1020 g/mol. The van der Waals surface area contributed by atoms with E-state index in [0.29, 0.717) is 46.6 Å². The Morgan fingerprint density at radius 3 is 1.29 bits per heavy atom. The summed E-state index contributed by atoms with van der Waals surface area (Å²) in [4.78, 5) is 106. The van der Waals surface area contributed by atoms with E-state index in [9.17, 15) is 39.4 Å². The van der Waals surface area contributed by atoms with E-state index in [1.54, 1.807) is 99.9 Å². The van der Waals surface area contributed by atoms with Gasteiger partial charge in [-0.1, -0.05) is 36.0 Å². The van der Waals surface area contributed by atoms with Gasteiger partial charge in [0.05, 0.1) is 44.0 Å². The number of nitro benzene ring substituents is 2. The molecular weight excluding hydrogens is 965 g/mol. The zero-order chi connectivity index (χ0) is 52.2. The molecule has 4 aromatic rings. The van der Waals surface area contributed by atoms with E-state index in [2.05, 4.69) is 0 Å². The first kappa shape index (κ1) is 51.9. The van der Waals surface area contributed by atoms with E-state index in [-0.39, 0.29) is 110 Å². The van der Waals surface area contributed by atoms with Gasteiger partial charge in [-0.05, 0) is 112 Å². The molecule has 4 amide bonds. The summed E-state index contributed by atoms with van der Waals surface area (Å²) in [6.45, 7) is 13.2. The summed E-state index contributed by atoms with van der Waals surface area (Å²) < 4.78 is 11.0. The van der Waals surface area contributed by atoms with E-state index >= 15 is 0 Å². The Kier molecular flexibility index (Phi) is 15.4. The molecule has 0 bridgehead atoms. The highest BCUT2D eigenvalue weighted by Crippen LogP contribution is 2.49. The van der Waals surface area contributed by atoms with Crippen LogP contribution in [-0.2, 0) is 41.7 Å². The smallest absolute Gasteiger partial charge is 0.410 e. The van der Waals surface area contributed by atoms with Crippen LogP contribution >= 0.6 is 11.8 Å². The number of benzene rings is 4.